The third kappa shape index (κ3) is 4.69. The molecule has 1 aromatic heterocycles. The van der Waals surface area contributed by atoms with Gasteiger partial charge in [0.15, 0.2) is 0 Å². The zero-order valence-corrected chi connectivity index (χ0v) is 17.0. The lowest BCUT2D eigenvalue weighted by atomic mass is 9.73. The predicted molar refractivity (Wildman–Crippen MR) is 106 cm³/mol. The molecule has 5 nitrogen and oxygen atoms in total. The lowest BCUT2D eigenvalue weighted by Gasteiger charge is -2.42. The number of nitrogens with two attached hydrogens (primary N) is 1. The average Bonchev–Trinajstić information content (AvgIpc) is 3.02. The summed E-state index contributed by atoms with van der Waals surface area (Å²) in [5.74, 6) is 1.38. The van der Waals surface area contributed by atoms with Gasteiger partial charge in [-0.25, -0.2) is 4.98 Å². The van der Waals surface area contributed by atoms with Crippen LogP contribution in [0, 0.1) is 5.92 Å². The summed E-state index contributed by atoms with van der Waals surface area (Å²) < 4.78 is 2.27. The van der Waals surface area contributed by atoms with Crippen molar-refractivity contribution in [2.45, 2.75) is 70.4 Å². The number of hydrogen-bond acceptors (Lipinski definition) is 3. The van der Waals surface area contributed by atoms with Crippen molar-refractivity contribution in [3.63, 3.8) is 0 Å². The molecule has 2 fully saturated rings. The van der Waals surface area contributed by atoms with E-state index in [4.69, 9.17) is 5.73 Å². The summed E-state index contributed by atoms with van der Waals surface area (Å²) in [5.41, 5.74) is 6.10. The minimum Gasteiger partial charge on any atom is -0.340 e. The molecule has 1 aromatic rings. The number of imidazole rings is 1. The molecule has 1 saturated heterocycles. The summed E-state index contributed by atoms with van der Waals surface area (Å²) in [6, 6.07) is 0.359. The van der Waals surface area contributed by atoms with E-state index < -0.39 is 0 Å². The zero-order chi connectivity index (χ0) is 16.4. The number of piperidine rings is 1. The molecular weight excluding hydrogens is 359 g/mol. The number of aromatic nitrogens is 2. The quantitative estimate of drug-likeness (QED) is 0.859. The molecule has 1 aliphatic heterocycles. The Morgan fingerprint density at radius 2 is 2.08 bits per heavy atom. The molecule has 0 bridgehead atoms. The molecule has 0 spiro atoms. The van der Waals surface area contributed by atoms with Gasteiger partial charge < -0.3 is 15.2 Å². The van der Waals surface area contributed by atoms with Crippen LogP contribution in [0.5, 0.6) is 0 Å². The van der Waals surface area contributed by atoms with E-state index >= 15 is 0 Å². The van der Waals surface area contributed by atoms with E-state index in [1.165, 1.54) is 0 Å². The first-order valence-electron chi connectivity index (χ1n) is 9.12. The maximum Gasteiger partial charge on any atom is 0.227 e. The lowest BCUT2D eigenvalue weighted by molar-refractivity contribution is -0.140. The molecule has 3 rings (SSSR count). The van der Waals surface area contributed by atoms with Gasteiger partial charge in [0.05, 0.1) is 12.0 Å². The first-order chi connectivity index (χ1) is 11.0. The van der Waals surface area contributed by atoms with Crippen LogP contribution in [-0.2, 0) is 11.2 Å². The first kappa shape index (κ1) is 22.3. The van der Waals surface area contributed by atoms with Crippen LogP contribution in [-0.4, -0.2) is 39.0 Å². The second kappa shape index (κ2) is 9.24. The highest BCUT2D eigenvalue weighted by molar-refractivity contribution is 5.85. The number of carbonyl (C=O) groups is 1. The Hall–Kier alpha value is -0.780. The number of aryl methyl sites for hydroxylation is 1. The number of nitrogens with zero attached hydrogens (tertiary/aromatic N) is 3. The Balaban J connectivity index is 0.00000156. The molecular formula is C18H32Cl2N4O. The van der Waals surface area contributed by atoms with Crippen molar-refractivity contribution in [2.24, 2.45) is 11.7 Å². The van der Waals surface area contributed by atoms with Gasteiger partial charge in [-0.1, -0.05) is 19.8 Å². The summed E-state index contributed by atoms with van der Waals surface area (Å²) >= 11 is 0. The van der Waals surface area contributed by atoms with Gasteiger partial charge in [-0.3, -0.25) is 4.79 Å². The van der Waals surface area contributed by atoms with Gasteiger partial charge in [0.2, 0.25) is 5.91 Å². The number of amides is 1. The molecule has 2 aliphatic rings. The van der Waals surface area contributed by atoms with E-state index in [0.717, 1.165) is 63.9 Å². The average molecular weight is 391 g/mol. The second-order valence-electron chi connectivity index (χ2n) is 7.49. The van der Waals surface area contributed by atoms with Crippen LogP contribution >= 0.6 is 24.8 Å². The van der Waals surface area contributed by atoms with Crippen LogP contribution < -0.4 is 5.73 Å². The van der Waals surface area contributed by atoms with Crippen LogP contribution in [0.15, 0.2) is 12.4 Å². The van der Waals surface area contributed by atoms with Crippen molar-refractivity contribution in [1.82, 2.24) is 14.5 Å². The summed E-state index contributed by atoms with van der Waals surface area (Å²) in [6.07, 6.45) is 11.2. The minimum atomic E-state index is -0.341. The number of hydrogen-bond donors (Lipinski definition) is 1. The van der Waals surface area contributed by atoms with E-state index in [1.54, 1.807) is 0 Å². The molecule has 0 aromatic carbocycles. The number of carbonyl (C=O) groups excluding carboxylic acids is 1. The maximum atomic E-state index is 13.1. The van der Waals surface area contributed by atoms with Crippen LogP contribution in [0.4, 0.5) is 0 Å². The molecule has 7 heteroatoms. The van der Waals surface area contributed by atoms with Gasteiger partial charge in [-0.2, -0.15) is 0 Å². The Morgan fingerprint density at radius 3 is 2.76 bits per heavy atom. The highest BCUT2D eigenvalue weighted by Crippen LogP contribution is 2.34. The van der Waals surface area contributed by atoms with Crippen molar-refractivity contribution in [1.29, 1.82) is 0 Å². The molecule has 3 unspecified atom stereocenters. The predicted octanol–water partition coefficient (Wildman–Crippen LogP) is 3.36. The summed E-state index contributed by atoms with van der Waals surface area (Å²) in [6.45, 7) is 5.86. The normalized spacial score (nSPS) is 29.5. The summed E-state index contributed by atoms with van der Waals surface area (Å²) in [7, 11) is 0. The standard InChI is InChI=1S/C18H30N4O.2ClH/c1-3-16-20-10-12-22(16)14-7-6-11-21(13-14)17(23)15-8-4-5-9-18(15,2)19;;/h10,12,14-15H,3-9,11,13,19H2,1-2H3;2*1H. The largest absolute Gasteiger partial charge is 0.340 e. The van der Waals surface area contributed by atoms with Gasteiger partial charge in [0, 0.05) is 37.4 Å². The molecule has 2 heterocycles. The fraction of sp³-hybridized carbons (Fsp3) is 0.778. The van der Waals surface area contributed by atoms with Crippen molar-refractivity contribution in [2.75, 3.05) is 13.1 Å². The minimum absolute atomic E-state index is 0. The van der Waals surface area contributed by atoms with E-state index in [1.807, 2.05) is 6.20 Å². The topological polar surface area (TPSA) is 64.2 Å². The number of rotatable bonds is 3. The molecule has 25 heavy (non-hydrogen) atoms. The fourth-order valence-electron chi connectivity index (χ4n) is 4.32. The lowest BCUT2D eigenvalue weighted by Crippen LogP contribution is -2.55. The second-order valence-corrected chi connectivity index (χ2v) is 7.49. The van der Waals surface area contributed by atoms with Gasteiger partial charge in [0.1, 0.15) is 5.82 Å². The van der Waals surface area contributed by atoms with Crippen molar-refractivity contribution in [3.05, 3.63) is 18.2 Å². The van der Waals surface area contributed by atoms with Crippen molar-refractivity contribution in [3.8, 4) is 0 Å². The zero-order valence-electron chi connectivity index (χ0n) is 15.3. The molecule has 144 valence electrons. The van der Waals surface area contributed by atoms with Gasteiger partial charge in [0.25, 0.3) is 0 Å². The van der Waals surface area contributed by atoms with E-state index in [2.05, 4.69) is 34.5 Å². The molecule has 0 radical (unpaired) electrons. The van der Waals surface area contributed by atoms with Gasteiger partial charge >= 0.3 is 0 Å². The van der Waals surface area contributed by atoms with Crippen molar-refractivity contribution < 1.29 is 4.79 Å². The number of likely N-dealkylation sites (tertiary alicyclic amines) is 1. The van der Waals surface area contributed by atoms with E-state index in [9.17, 15) is 4.79 Å². The van der Waals surface area contributed by atoms with Crippen LogP contribution in [0.3, 0.4) is 0 Å². The van der Waals surface area contributed by atoms with E-state index in [0.29, 0.717) is 6.04 Å². The van der Waals surface area contributed by atoms with Gasteiger partial charge in [-0.15, -0.1) is 24.8 Å². The third-order valence-corrected chi connectivity index (χ3v) is 5.72. The van der Waals surface area contributed by atoms with E-state index in [-0.39, 0.29) is 42.2 Å². The van der Waals surface area contributed by atoms with Gasteiger partial charge in [-0.05, 0) is 32.6 Å². The van der Waals surface area contributed by atoms with Crippen LogP contribution in [0.25, 0.3) is 0 Å². The Labute approximate surface area is 163 Å². The number of halogens is 2. The molecule has 1 amide bonds. The Kier molecular flexibility index (Phi) is 8.23. The third-order valence-electron chi connectivity index (χ3n) is 5.72. The molecule has 1 aliphatic carbocycles. The molecule has 3 atom stereocenters. The Bertz CT molecular complexity index is 561. The fourth-order valence-corrected chi connectivity index (χ4v) is 4.32. The van der Waals surface area contributed by atoms with Crippen LogP contribution in [0.1, 0.15) is 64.2 Å². The smallest absolute Gasteiger partial charge is 0.227 e. The first-order valence-corrected chi connectivity index (χ1v) is 9.12. The summed E-state index contributed by atoms with van der Waals surface area (Å²) in [4.78, 5) is 19.6. The molecule has 1 saturated carbocycles. The highest BCUT2D eigenvalue weighted by atomic mass is 35.5. The maximum absolute atomic E-state index is 13.1. The van der Waals surface area contributed by atoms with Crippen LogP contribution in [0.2, 0.25) is 0 Å². The monoisotopic (exact) mass is 390 g/mol. The van der Waals surface area contributed by atoms with Crippen molar-refractivity contribution >= 4 is 30.7 Å². The Morgan fingerprint density at radius 1 is 1.32 bits per heavy atom. The highest BCUT2D eigenvalue weighted by Gasteiger charge is 2.40. The SMILES string of the molecule is CCc1nccn1C1CCCN(C(=O)C2CCCCC2(C)N)C1.Cl.Cl. The summed E-state index contributed by atoms with van der Waals surface area (Å²) in [5, 5.41) is 0. The molecule has 2 N–H and O–H groups in total.